The highest BCUT2D eigenvalue weighted by Gasteiger charge is 2.44. The van der Waals surface area contributed by atoms with E-state index in [1.807, 2.05) is 19.1 Å². The zero-order valence-corrected chi connectivity index (χ0v) is 20.3. The van der Waals surface area contributed by atoms with Gasteiger partial charge in [0.05, 0.1) is 24.2 Å². The number of ether oxygens (including phenoxy) is 2. The molecule has 0 radical (unpaired) electrons. The van der Waals surface area contributed by atoms with E-state index in [0.717, 1.165) is 38.5 Å². The van der Waals surface area contributed by atoms with Crippen LogP contribution in [0, 0.1) is 23.7 Å². The van der Waals surface area contributed by atoms with Gasteiger partial charge in [0.1, 0.15) is 12.4 Å². The fraction of sp³-hybridized carbons (Fsp3) is 0.731. The molecule has 2 aliphatic rings. The van der Waals surface area contributed by atoms with E-state index in [-0.39, 0.29) is 30.5 Å². The van der Waals surface area contributed by atoms with Crippen LogP contribution in [0.5, 0.6) is 5.75 Å². The lowest BCUT2D eigenvalue weighted by Crippen LogP contribution is -2.25. The first-order chi connectivity index (χ1) is 15.9. The van der Waals surface area contributed by atoms with Crippen molar-refractivity contribution < 1.29 is 29.6 Å². The summed E-state index contributed by atoms with van der Waals surface area (Å²) < 4.78 is 11.9. The fourth-order valence-electron chi connectivity index (χ4n) is 5.54. The molecular weight excluding hydrogens is 444 g/mol. The summed E-state index contributed by atoms with van der Waals surface area (Å²) in [5.41, 5.74) is 0. The van der Waals surface area contributed by atoms with Crippen LogP contribution in [0.15, 0.2) is 24.3 Å². The van der Waals surface area contributed by atoms with Crippen molar-refractivity contribution in [1.29, 1.82) is 0 Å². The summed E-state index contributed by atoms with van der Waals surface area (Å²) in [6.45, 7) is 2.87. The van der Waals surface area contributed by atoms with E-state index in [4.69, 9.17) is 21.1 Å². The Labute approximate surface area is 202 Å². The highest BCUT2D eigenvalue weighted by molar-refractivity contribution is 6.30. The summed E-state index contributed by atoms with van der Waals surface area (Å²) in [5.74, 6) is 0.462. The van der Waals surface area contributed by atoms with E-state index in [1.54, 1.807) is 12.1 Å². The molecule has 1 aliphatic heterocycles. The fourth-order valence-corrected chi connectivity index (χ4v) is 5.72. The highest BCUT2D eigenvalue weighted by atomic mass is 35.5. The summed E-state index contributed by atoms with van der Waals surface area (Å²) in [5, 5.41) is 31.1. The quantitative estimate of drug-likeness (QED) is 0.390. The van der Waals surface area contributed by atoms with Crippen LogP contribution in [0.25, 0.3) is 0 Å². The third-order valence-corrected chi connectivity index (χ3v) is 7.67. The first kappa shape index (κ1) is 26.3. The van der Waals surface area contributed by atoms with Gasteiger partial charge in [-0.25, -0.2) is 0 Å². The van der Waals surface area contributed by atoms with Crippen molar-refractivity contribution in [3.8, 4) is 5.75 Å². The number of carboxylic acids is 1. The Morgan fingerprint density at radius 2 is 2.06 bits per heavy atom. The van der Waals surface area contributed by atoms with E-state index >= 15 is 0 Å². The van der Waals surface area contributed by atoms with Crippen LogP contribution in [0.4, 0.5) is 0 Å². The molecule has 6 nitrogen and oxygen atoms in total. The Morgan fingerprint density at radius 3 is 2.79 bits per heavy atom. The molecule has 1 saturated carbocycles. The molecule has 0 amide bonds. The van der Waals surface area contributed by atoms with Crippen LogP contribution in [-0.4, -0.2) is 52.8 Å². The Bertz CT molecular complexity index is 743. The molecule has 2 fully saturated rings. The Hall–Kier alpha value is -1.34. The summed E-state index contributed by atoms with van der Waals surface area (Å²) in [6, 6.07) is 7.12. The predicted octanol–water partition coefficient (Wildman–Crippen LogP) is 4.93. The molecule has 186 valence electrons. The van der Waals surface area contributed by atoms with E-state index < -0.39 is 18.2 Å². The van der Waals surface area contributed by atoms with E-state index in [0.29, 0.717) is 42.6 Å². The van der Waals surface area contributed by atoms with Crippen molar-refractivity contribution >= 4 is 17.6 Å². The maximum absolute atomic E-state index is 11.4. The maximum Gasteiger partial charge on any atom is 0.306 e. The Kier molecular flexibility index (Phi) is 10.3. The smallest absolute Gasteiger partial charge is 0.306 e. The molecule has 33 heavy (non-hydrogen) atoms. The van der Waals surface area contributed by atoms with Crippen LogP contribution in [0.2, 0.25) is 5.02 Å². The molecule has 1 aromatic carbocycles. The minimum absolute atomic E-state index is 0.0563. The number of rotatable bonds is 12. The lowest BCUT2D eigenvalue weighted by molar-refractivity contribution is -0.142. The number of aliphatic hydroxyl groups excluding tert-OH is 2. The average molecular weight is 483 g/mol. The zero-order chi connectivity index (χ0) is 23.8. The van der Waals surface area contributed by atoms with Crippen LogP contribution >= 0.6 is 11.6 Å². The van der Waals surface area contributed by atoms with Crippen molar-refractivity contribution in [3.05, 3.63) is 29.3 Å². The van der Waals surface area contributed by atoms with Gasteiger partial charge in [-0.2, -0.15) is 0 Å². The third-order valence-electron chi connectivity index (χ3n) is 7.43. The second kappa shape index (κ2) is 12.9. The number of fused-ring (bicyclic) bond motifs is 1. The Morgan fingerprint density at radius 1 is 1.24 bits per heavy atom. The van der Waals surface area contributed by atoms with Crippen molar-refractivity contribution in [2.45, 2.75) is 83.0 Å². The summed E-state index contributed by atoms with van der Waals surface area (Å²) >= 11 is 5.97. The first-order valence-corrected chi connectivity index (χ1v) is 12.8. The van der Waals surface area contributed by atoms with Crippen LogP contribution in [-0.2, 0) is 9.53 Å². The second-order valence-corrected chi connectivity index (χ2v) is 10.3. The molecule has 3 rings (SSSR count). The minimum Gasteiger partial charge on any atom is -0.491 e. The number of benzene rings is 1. The molecule has 1 heterocycles. The van der Waals surface area contributed by atoms with E-state index in [1.165, 1.54) is 0 Å². The number of carboxylic acid groups (broad SMARTS) is 1. The molecular formula is C26H39ClO6. The molecule has 0 bridgehead atoms. The third kappa shape index (κ3) is 7.84. The zero-order valence-electron chi connectivity index (χ0n) is 19.6. The average Bonchev–Trinajstić information content (AvgIpc) is 2.94. The largest absolute Gasteiger partial charge is 0.491 e. The van der Waals surface area contributed by atoms with Crippen molar-refractivity contribution in [3.63, 3.8) is 0 Å². The minimum atomic E-state index is -0.690. The molecule has 0 aromatic heterocycles. The van der Waals surface area contributed by atoms with Gasteiger partial charge in [0.15, 0.2) is 0 Å². The van der Waals surface area contributed by atoms with Crippen LogP contribution < -0.4 is 4.74 Å². The maximum atomic E-state index is 11.4. The lowest BCUT2D eigenvalue weighted by atomic mass is 9.83. The lowest BCUT2D eigenvalue weighted by Gasteiger charge is -2.24. The molecule has 7 atom stereocenters. The van der Waals surface area contributed by atoms with E-state index in [2.05, 4.69) is 0 Å². The number of hydrogen-bond acceptors (Lipinski definition) is 5. The number of aliphatic hydroxyl groups is 2. The van der Waals surface area contributed by atoms with Crippen molar-refractivity contribution in [2.24, 2.45) is 23.7 Å². The van der Waals surface area contributed by atoms with Crippen LogP contribution in [0.3, 0.4) is 0 Å². The predicted molar refractivity (Wildman–Crippen MR) is 128 cm³/mol. The van der Waals surface area contributed by atoms with Gasteiger partial charge >= 0.3 is 5.97 Å². The first-order valence-electron chi connectivity index (χ1n) is 12.5. The SMILES string of the molecule is CCCC(CC[C@@H]1CC[C@@H]2[C@@H](CCC(O)COc3cccc(Cl)c3)[C@H](O)C[C@@H]2OC1)C(=O)O. The van der Waals surface area contributed by atoms with Gasteiger partial charge in [0.25, 0.3) is 0 Å². The topological polar surface area (TPSA) is 96.2 Å². The summed E-state index contributed by atoms with van der Waals surface area (Å²) in [4.78, 5) is 11.4. The van der Waals surface area contributed by atoms with Gasteiger partial charge < -0.3 is 24.8 Å². The molecule has 0 spiro atoms. The van der Waals surface area contributed by atoms with Crippen molar-refractivity contribution in [1.82, 2.24) is 0 Å². The highest BCUT2D eigenvalue weighted by Crippen LogP contribution is 2.43. The normalized spacial score (nSPS) is 29.2. The molecule has 3 N–H and O–H groups in total. The van der Waals surface area contributed by atoms with Gasteiger partial charge in [0, 0.05) is 18.1 Å². The van der Waals surface area contributed by atoms with Gasteiger partial charge in [-0.05, 0) is 80.9 Å². The number of aliphatic carboxylic acids is 1. The molecule has 7 heteroatoms. The second-order valence-electron chi connectivity index (χ2n) is 9.85. The van der Waals surface area contributed by atoms with Crippen molar-refractivity contribution in [2.75, 3.05) is 13.2 Å². The van der Waals surface area contributed by atoms with Crippen LogP contribution in [0.1, 0.15) is 64.7 Å². The standard InChI is InChI=1S/C26H39ClO6/c1-2-4-18(26(30)31)9-7-17-8-11-23-22(24(29)14-25(23)33-15-17)12-10-20(28)16-32-21-6-3-5-19(27)13-21/h3,5-6,13,17-18,20,22-25,28-29H,2,4,7-12,14-16H2,1H3,(H,30,31)/t17-,18?,20?,22-,23-,24-,25+/m1/s1. The molecule has 1 aromatic rings. The molecule has 1 aliphatic carbocycles. The summed E-state index contributed by atoms with van der Waals surface area (Å²) in [6.07, 6.45) is 6.16. The summed E-state index contributed by atoms with van der Waals surface area (Å²) in [7, 11) is 0. The van der Waals surface area contributed by atoms with Gasteiger partial charge in [0.2, 0.25) is 0 Å². The molecule has 2 unspecified atom stereocenters. The number of carbonyl (C=O) groups is 1. The number of halogens is 1. The van der Waals surface area contributed by atoms with Gasteiger partial charge in [-0.1, -0.05) is 31.0 Å². The van der Waals surface area contributed by atoms with E-state index in [9.17, 15) is 20.1 Å². The Balaban J connectivity index is 1.44. The monoisotopic (exact) mass is 482 g/mol. The van der Waals surface area contributed by atoms with Gasteiger partial charge in [-0.15, -0.1) is 0 Å². The number of hydrogen-bond donors (Lipinski definition) is 3. The molecule has 1 saturated heterocycles. The van der Waals surface area contributed by atoms with Gasteiger partial charge in [-0.3, -0.25) is 4.79 Å².